The molecule has 72 valence electrons. The maximum absolute atomic E-state index is 12.7. The first-order valence-electron chi connectivity index (χ1n) is 3.08. The summed E-state index contributed by atoms with van der Waals surface area (Å²) in [6.07, 6.45) is 0. The molecule has 0 atom stereocenters. The summed E-state index contributed by atoms with van der Waals surface area (Å²) in [5, 5.41) is 0. The Hall–Kier alpha value is -0.210. The second-order valence-electron chi connectivity index (χ2n) is 2.16. The molecule has 0 aromatic heterocycles. The molecule has 0 unspecified atom stereocenters. The zero-order chi connectivity index (χ0) is 10.1. The Morgan fingerprint density at radius 1 is 1.29 bits per heavy atom. The van der Waals surface area contributed by atoms with Gasteiger partial charge in [0.25, 0.3) is 0 Å². The number of rotatable bonds is 2. The zero-order valence-electron chi connectivity index (χ0n) is 7.12. The third-order valence-corrected chi connectivity index (χ3v) is 1.66. The second-order valence-corrected chi connectivity index (χ2v) is 3.27. The van der Waals surface area contributed by atoms with E-state index in [2.05, 4.69) is 0 Å². The summed E-state index contributed by atoms with van der Waals surface area (Å²) in [6.45, 7) is 0. The van der Waals surface area contributed by atoms with Crippen molar-refractivity contribution >= 4 is 16.0 Å². The molecule has 1 aromatic carbocycles. The van der Waals surface area contributed by atoms with Gasteiger partial charge in [0, 0.05) is 0 Å². The largest absolute Gasteiger partial charge is 1.00 e. The van der Waals surface area contributed by atoms with Gasteiger partial charge in [0.05, 0.1) is 5.69 Å². The van der Waals surface area contributed by atoms with Crippen molar-refractivity contribution < 1.29 is 51.3 Å². The van der Waals surface area contributed by atoms with Gasteiger partial charge in [-0.2, -0.15) is 0 Å². The first-order chi connectivity index (χ1) is 5.90. The SMILES string of the molecule is O=S(=O)([O-])Nc1cccc(F)c1F.[Na+]. The van der Waals surface area contributed by atoms with Crippen molar-refractivity contribution in [2.45, 2.75) is 0 Å². The molecule has 1 N–H and O–H groups in total. The maximum atomic E-state index is 12.7. The normalized spacial score (nSPS) is 10.5. The van der Waals surface area contributed by atoms with Crippen molar-refractivity contribution in [3.8, 4) is 0 Å². The quantitative estimate of drug-likeness (QED) is 0.465. The molecule has 0 aliphatic heterocycles. The predicted octanol–water partition coefficient (Wildman–Crippen LogP) is -2.16. The fourth-order valence-electron chi connectivity index (χ4n) is 0.717. The maximum Gasteiger partial charge on any atom is 1.00 e. The van der Waals surface area contributed by atoms with Crippen molar-refractivity contribution in [3.05, 3.63) is 29.8 Å². The van der Waals surface area contributed by atoms with E-state index in [-0.39, 0.29) is 29.6 Å². The van der Waals surface area contributed by atoms with Gasteiger partial charge < -0.3 is 4.55 Å². The van der Waals surface area contributed by atoms with Crippen LogP contribution in [-0.2, 0) is 10.3 Å². The van der Waals surface area contributed by atoms with Crippen molar-refractivity contribution in [1.82, 2.24) is 0 Å². The molecule has 1 aromatic rings. The van der Waals surface area contributed by atoms with E-state index in [1.165, 1.54) is 4.72 Å². The van der Waals surface area contributed by atoms with Crippen LogP contribution in [0, 0.1) is 11.6 Å². The Labute approximate surface area is 101 Å². The molecule has 0 fully saturated rings. The van der Waals surface area contributed by atoms with E-state index in [0.717, 1.165) is 18.2 Å². The van der Waals surface area contributed by atoms with Gasteiger partial charge >= 0.3 is 29.6 Å². The number of benzene rings is 1. The molecule has 14 heavy (non-hydrogen) atoms. The van der Waals surface area contributed by atoms with Crippen LogP contribution in [0.15, 0.2) is 18.2 Å². The molecule has 0 radical (unpaired) electrons. The van der Waals surface area contributed by atoms with Gasteiger partial charge in [0.1, 0.15) is 0 Å². The Kier molecular flexibility index (Phi) is 4.96. The van der Waals surface area contributed by atoms with E-state index >= 15 is 0 Å². The van der Waals surface area contributed by atoms with Crippen molar-refractivity contribution in [1.29, 1.82) is 0 Å². The molecule has 0 amide bonds. The second kappa shape index (κ2) is 5.04. The average molecular weight is 231 g/mol. The summed E-state index contributed by atoms with van der Waals surface area (Å²) in [5.74, 6) is -2.63. The molecule has 8 heteroatoms. The summed E-state index contributed by atoms with van der Waals surface area (Å²) in [7, 11) is -4.82. The number of nitrogens with one attached hydrogen (secondary N) is 1. The average Bonchev–Trinajstić information content (AvgIpc) is 1.96. The van der Waals surface area contributed by atoms with E-state index in [4.69, 9.17) is 0 Å². The van der Waals surface area contributed by atoms with Gasteiger partial charge in [-0.05, 0) is 12.1 Å². The van der Waals surface area contributed by atoms with Gasteiger partial charge in [-0.1, -0.05) is 6.07 Å². The minimum absolute atomic E-state index is 0. The number of hydrogen-bond acceptors (Lipinski definition) is 3. The van der Waals surface area contributed by atoms with Crippen LogP contribution in [0.5, 0.6) is 0 Å². The van der Waals surface area contributed by atoms with Crippen LogP contribution in [-0.4, -0.2) is 13.0 Å². The smallest absolute Gasteiger partial charge is 0.731 e. The van der Waals surface area contributed by atoms with E-state index in [1.54, 1.807) is 0 Å². The summed E-state index contributed by atoms with van der Waals surface area (Å²) >= 11 is 0. The third-order valence-electron chi connectivity index (χ3n) is 1.19. The van der Waals surface area contributed by atoms with Crippen LogP contribution in [0.3, 0.4) is 0 Å². The monoisotopic (exact) mass is 231 g/mol. The van der Waals surface area contributed by atoms with Crippen LogP contribution in [0.1, 0.15) is 0 Å². The number of halogens is 2. The summed E-state index contributed by atoms with van der Waals surface area (Å²) in [4.78, 5) is 0. The minimum Gasteiger partial charge on any atom is -0.731 e. The Balaban J connectivity index is 0.00000169. The standard InChI is InChI=1S/C6H5F2NO3S.Na/c7-4-2-1-3-5(6(4)8)9-13(10,11)12;/h1-3,9H,(H,10,11,12);/q;+1/p-1. The fraction of sp³-hybridized carbons (Fsp3) is 0. The minimum atomic E-state index is -4.82. The van der Waals surface area contributed by atoms with Gasteiger partial charge in [0.15, 0.2) is 21.9 Å². The molecule has 0 aliphatic carbocycles. The van der Waals surface area contributed by atoms with Gasteiger partial charge in [-0.15, -0.1) is 0 Å². The first kappa shape index (κ1) is 13.8. The number of hydrogen-bond donors (Lipinski definition) is 1. The summed E-state index contributed by atoms with van der Waals surface area (Å²) in [6, 6.07) is 2.82. The topological polar surface area (TPSA) is 69.2 Å². The molecule has 0 saturated carbocycles. The van der Waals surface area contributed by atoms with Crippen LogP contribution >= 0.6 is 0 Å². The molecule has 0 bridgehead atoms. The van der Waals surface area contributed by atoms with E-state index in [9.17, 15) is 21.8 Å². The molecule has 1 rings (SSSR count). The van der Waals surface area contributed by atoms with Crippen LogP contribution in [0.25, 0.3) is 0 Å². The van der Waals surface area contributed by atoms with Crippen LogP contribution in [0.4, 0.5) is 14.5 Å². The van der Waals surface area contributed by atoms with E-state index in [0.29, 0.717) is 0 Å². The van der Waals surface area contributed by atoms with Gasteiger partial charge in [-0.25, -0.2) is 17.2 Å². The van der Waals surface area contributed by atoms with Gasteiger partial charge in [-0.3, -0.25) is 4.72 Å². The Morgan fingerprint density at radius 3 is 2.36 bits per heavy atom. The Morgan fingerprint density at radius 2 is 1.86 bits per heavy atom. The van der Waals surface area contributed by atoms with Crippen molar-refractivity contribution in [2.24, 2.45) is 0 Å². The molecular formula is C6H4F2NNaO3S. The molecule has 0 saturated heterocycles. The van der Waals surface area contributed by atoms with Crippen LogP contribution < -0.4 is 34.3 Å². The molecule has 0 heterocycles. The van der Waals surface area contributed by atoms with Crippen molar-refractivity contribution in [3.63, 3.8) is 0 Å². The summed E-state index contributed by atoms with van der Waals surface area (Å²) in [5.41, 5.74) is -0.699. The fourth-order valence-corrected chi connectivity index (χ4v) is 1.14. The Bertz CT molecular complexity index is 423. The zero-order valence-corrected chi connectivity index (χ0v) is 9.94. The van der Waals surface area contributed by atoms with E-state index < -0.39 is 27.6 Å². The summed E-state index contributed by atoms with van der Waals surface area (Å²) < 4.78 is 56.8. The molecule has 4 nitrogen and oxygen atoms in total. The van der Waals surface area contributed by atoms with Gasteiger partial charge in [0.2, 0.25) is 0 Å². The van der Waals surface area contributed by atoms with E-state index in [1.807, 2.05) is 0 Å². The molecule has 0 spiro atoms. The number of anilines is 1. The third kappa shape index (κ3) is 3.89. The molecular weight excluding hydrogens is 227 g/mol. The van der Waals surface area contributed by atoms with Crippen molar-refractivity contribution in [2.75, 3.05) is 4.72 Å². The van der Waals surface area contributed by atoms with Crippen LogP contribution in [0.2, 0.25) is 0 Å². The molecule has 0 aliphatic rings. The predicted molar refractivity (Wildman–Crippen MR) is 39.7 cm³/mol. The first-order valence-corrected chi connectivity index (χ1v) is 4.48.